The lowest BCUT2D eigenvalue weighted by molar-refractivity contribution is -0.134. The Kier molecular flexibility index (Phi) is 6.71. The third-order valence-electron chi connectivity index (χ3n) is 1.10. The van der Waals surface area contributed by atoms with Gasteiger partial charge >= 0.3 is 0 Å². The standard InChI is InChI=1S/C8H12N4.C2H4O2/c1-7(2,5-9)11-12-8(3,4)6-10;1-2(3)4/h1-4H3;1H3,(H,3,4). The molecule has 0 bridgehead atoms. The average Bonchev–Trinajstić information content (AvgIpc) is 2.15. The van der Waals surface area contributed by atoms with Gasteiger partial charge < -0.3 is 5.11 Å². The van der Waals surface area contributed by atoms with Crippen molar-refractivity contribution in [3.63, 3.8) is 0 Å². The van der Waals surface area contributed by atoms with Crippen molar-refractivity contribution in [1.29, 1.82) is 10.5 Å². The molecule has 0 unspecified atom stereocenters. The lowest BCUT2D eigenvalue weighted by Gasteiger charge is -2.11. The molecule has 0 amide bonds. The van der Waals surface area contributed by atoms with Crippen molar-refractivity contribution < 1.29 is 9.90 Å². The number of nitrogens with zero attached hydrogens (tertiary/aromatic N) is 4. The summed E-state index contributed by atoms with van der Waals surface area (Å²) in [5, 5.41) is 32.1. The zero-order chi connectivity index (χ0) is 13.4. The van der Waals surface area contributed by atoms with Crippen LogP contribution in [0.4, 0.5) is 0 Å². The fourth-order valence-corrected chi connectivity index (χ4v) is 0.295. The fourth-order valence-electron chi connectivity index (χ4n) is 0.295. The highest BCUT2D eigenvalue weighted by atomic mass is 16.4. The monoisotopic (exact) mass is 224 g/mol. The summed E-state index contributed by atoms with van der Waals surface area (Å²) in [6, 6.07) is 3.94. The number of carboxylic acid groups (broad SMARTS) is 1. The maximum Gasteiger partial charge on any atom is 0.300 e. The van der Waals surface area contributed by atoms with Crippen molar-refractivity contribution in [2.75, 3.05) is 0 Å². The topological polar surface area (TPSA) is 110 Å². The van der Waals surface area contributed by atoms with Crippen LogP contribution in [-0.4, -0.2) is 22.2 Å². The van der Waals surface area contributed by atoms with Gasteiger partial charge in [-0.15, -0.1) is 0 Å². The Bertz CT molecular complexity index is 313. The first-order valence-electron chi connectivity index (χ1n) is 4.52. The van der Waals surface area contributed by atoms with Gasteiger partial charge in [-0.05, 0) is 27.7 Å². The van der Waals surface area contributed by atoms with E-state index in [1.807, 2.05) is 12.1 Å². The number of aliphatic carboxylic acids is 1. The summed E-state index contributed by atoms with van der Waals surface area (Å²) in [5.74, 6) is -0.833. The molecule has 0 spiro atoms. The lowest BCUT2D eigenvalue weighted by Crippen LogP contribution is -2.17. The highest BCUT2D eigenvalue weighted by Gasteiger charge is 2.19. The van der Waals surface area contributed by atoms with Crippen LogP contribution >= 0.6 is 0 Å². The second-order valence-electron chi connectivity index (χ2n) is 4.06. The van der Waals surface area contributed by atoms with Crippen LogP contribution in [-0.2, 0) is 4.79 Å². The Balaban J connectivity index is 0. The van der Waals surface area contributed by atoms with Gasteiger partial charge in [-0.3, -0.25) is 4.79 Å². The van der Waals surface area contributed by atoms with E-state index in [4.69, 9.17) is 20.4 Å². The second kappa shape index (κ2) is 6.52. The first kappa shape index (κ1) is 16.5. The van der Waals surface area contributed by atoms with Gasteiger partial charge in [0, 0.05) is 6.92 Å². The summed E-state index contributed by atoms with van der Waals surface area (Å²) in [6.07, 6.45) is 0. The number of azo groups is 1. The average molecular weight is 224 g/mol. The molecule has 0 aliphatic heterocycles. The highest BCUT2D eigenvalue weighted by Crippen LogP contribution is 2.13. The minimum atomic E-state index is -0.839. The van der Waals surface area contributed by atoms with Crippen molar-refractivity contribution in [3.05, 3.63) is 0 Å². The Morgan fingerprint density at radius 1 is 1.06 bits per heavy atom. The summed E-state index contributed by atoms with van der Waals surface area (Å²) in [4.78, 5) is 9.00. The maximum absolute atomic E-state index is 9.00. The Labute approximate surface area is 95.2 Å². The Hall–Kier alpha value is -1.95. The Morgan fingerprint density at radius 3 is 1.38 bits per heavy atom. The van der Waals surface area contributed by atoms with Gasteiger partial charge in [0.2, 0.25) is 0 Å². The maximum atomic E-state index is 9.00. The van der Waals surface area contributed by atoms with Gasteiger partial charge in [0.05, 0.1) is 12.1 Å². The van der Waals surface area contributed by atoms with Gasteiger partial charge in [0.15, 0.2) is 11.1 Å². The van der Waals surface area contributed by atoms with E-state index in [0.717, 1.165) is 6.92 Å². The van der Waals surface area contributed by atoms with Crippen LogP contribution < -0.4 is 0 Å². The first-order chi connectivity index (χ1) is 7.06. The molecule has 0 fully saturated rings. The highest BCUT2D eigenvalue weighted by molar-refractivity contribution is 5.62. The second-order valence-corrected chi connectivity index (χ2v) is 4.06. The molecule has 0 aromatic carbocycles. The van der Waals surface area contributed by atoms with Crippen molar-refractivity contribution in [3.8, 4) is 12.1 Å². The molecule has 1 N–H and O–H groups in total. The minimum absolute atomic E-state index is 0.833. The van der Waals surface area contributed by atoms with E-state index in [9.17, 15) is 0 Å². The van der Waals surface area contributed by atoms with E-state index >= 15 is 0 Å². The molecule has 0 saturated carbocycles. The van der Waals surface area contributed by atoms with Crippen molar-refractivity contribution >= 4 is 5.97 Å². The largest absolute Gasteiger partial charge is 0.481 e. The van der Waals surface area contributed by atoms with Crippen LogP contribution in [0.2, 0.25) is 0 Å². The van der Waals surface area contributed by atoms with E-state index in [2.05, 4.69) is 10.2 Å². The molecular weight excluding hydrogens is 208 g/mol. The number of nitriles is 2. The zero-order valence-corrected chi connectivity index (χ0v) is 10.1. The summed E-state index contributed by atoms with van der Waals surface area (Å²) in [5.41, 5.74) is -1.68. The number of hydrogen-bond donors (Lipinski definition) is 1. The normalized spacial score (nSPS) is 10.9. The SMILES string of the molecule is CC(=O)O.CC(C)(C#N)N=NC(C)(C)C#N. The van der Waals surface area contributed by atoms with Crippen LogP contribution in [0, 0.1) is 22.7 Å². The Morgan fingerprint density at radius 2 is 1.25 bits per heavy atom. The van der Waals surface area contributed by atoms with Gasteiger partial charge in [-0.1, -0.05) is 0 Å². The molecule has 16 heavy (non-hydrogen) atoms. The van der Waals surface area contributed by atoms with Crippen LogP contribution in [0.5, 0.6) is 0 Å². The predicted molar refractivity (Wildman–Crippen MR) is 57.5 cm³/mol. The summed E-state index contributed by atoms with van der Waals surface area (Å²) in [7, 11) is 0. The van der Waals surface area contributed by atoms with Crippen LogP contribution in [0.1, 0.15) is 34.6 Å². The van der Waals surface area contributed by atoms with Gasteiger partial charge in [0.1, 0.15) is 0 Å². The molecule has 6 nitrogen and oxygen atoms in total. The molecule has 0 aliphatic carbocycles. The zero-order valence-electron chi connectivity index (χ0n) is 10.1. The smallest absolute Gasteiger partial charge is 0.300 e. The van der Waals surface area contributed by atoms with E-state index in [1.54, 1.807) is 27.7 Å². The minimum Gasteiger partial charge on any atom is -0.481 e. The molecule has 0 aliphatic rings. The first-order valence-corrected chi connectivity index (χ1v) is 4.52. The summed E-state index contributed by atoms with van der Waals surface area (Å²) < 4.78 is 0. The summed E-state index contributed by atoms with van der Waals surface area (Å²) >= 11 is 0. The fraction of sp³-hybridized carbons (Fsp3) is 0.700. The molecule has 0 heterocycles. The molecule has 0 aromatic rings. The van der Waals surface area contributed by atoms with Gasteiger partial charge in [0.25, 0.3) is 5.97 Å². The molecule has 6 heteroatoms. The third-order valence-corrected chi connectivity index (χ3v) is 1.10. The van der Waals surface area contributed by atoms with Crippen molar-refractivity contribution in [1.82, 2.24) is 0 Å². The summed E-state index contributed by atoms with van der Waals surface area (Å²) in [6.45, 7) is 7.65. The van der Waals surface area contributed by atoms with Crippen LogP contribution in [0.3, 0.4) is 0 Å². The third kappa shape index (κ3) is 12.0. The van der Waals surface area contributed by atoms with E-state index in [1.165, 1.54) is 0 Å². The predicted octanol–water partition coefficient (Wildman–Crippen LogP) is 2.13. The molecule has 0 radical (unpaired) electrons. The van der Waals surface area contributed by atoms with E-state index < -0.39 is 17.0 Å². The number of rotatable bonds is 2. The number of carbonyl (C=O) groups is 1. The van der Waals surface area contributed by atoms with Gasteiger partial charge in [-0.2, -0.15) is 20.8 Å². The lowest BCUT2D eigenvalue weighted by atomic mass is 10.1. The number of hydrogen-bond acceptors (Lipinski definition) is 5. The van der Waals surface area contributed by atoms with Crippen LogP contribution in [0.15, 0.2) is 10.2 Å². The number of carboxylic acids is 1. The van der Waals surface area contributed by atoms with E-state index in [-0.39, 0.29) is 0 Å². The van der Waals surface area contributed by atoms with Crippen molar-refractivity contribution in [2.24, 2.45) is 10.2 Å². The molecule has 0 saturated heterocycles. The molecule has 0 atom stereocenters. The van der Waals surface area contributed by atoms with Crippen LogP contribution in [0.25, 0.3) is 0 Å². The van der Waals surface area contributed by atoms with Crippen molar-refractivity contribution in [2.45, 2.75) is 45.7 Å². The molecule has 88 valence electrons. The van der Waals surface area contributed by atoms with Gasteiger partial charge in [-0.25, -0.2) is 0 Å². The van der Waals surface area contributed by atoms with E-state index in [0.29, 0.717) is 0 Å². The molecule has 0 aromatic heterocycles. The quantitative estimate of drug-likeness (QED) is 0.724. The molecule has 0 rings (SSSR count). The molecular formula is C10H16N4O2.